The van der Waals surface area contributed by atoms with Crippen LogP contribution in [0.1, 0.15) is 22.0 Å². The fourth-order valence-electron chi connectivity index (χ4n) is 1.71. The van der Waals surface area contributed by atoms with Gasteiger partial charge in [0.25, 0.3) is 0 Å². The Balaban J connectivity index is 2.31. The van der Waals surface area contributed by atoms with Crippen LogP contribution in [0.5, 0.6) is 5.75 Å². The molecule has 1 unspecified atom stereocenters. The van der Waals surface area contributed by atoms with Crippen molar-refractivity contribution in [2.75, 3.05) is 19.7 Å². The number of carbonyl (C=O) groups is 1. The SMILES string of the molecule is O=Cc1ccc(O)cc1C1CNCCO1. The predicted octanol–water partition coefficient (Wildman–Crippen LogP) is 0.866. The molecule has 0 bridgehead atoms. The number of aldehydes is 1. The van der Waals surface area contributed by atoms with Crippen LogP contribution in [0.25, 0.3) is 0 Å². The summed E-state index contributed by atoms with van der Waals surface area (Å²) in [5.41, 5.74) is 1.32. The van der Waals surface area contributed by atoms with Gasteiger partial charge in [-0.3, -0.25) is 4.79 Å². The molecule has 0 amide bonds. The Morgan fingerprint density at radius 2 is 2.40 bits per heavy atom. The summed E-state index contributed by atoms with van der Waals surface area (Å²) < 4.78 is 5.53. The number of ether oxygens (including phenoxy) is 1. The molecule has 0 aromatic heterocycles. The van der Waals surface area contributed by atoms with Crippen LogP contribution < -0.4 is 5.32 Å². The summed E-state index contributed by atoms with van der Waals surface area (Å²) in [5, 5.41) is 12.6. The van der Waals surface area contributed by atoms with E-state index in [-0.39, 0.29) is 11.9 Å². The zero-order chi connectivity index (χ0) is 10.7. The van der Waals surface area contributed by atoms with Gasteiger partial charge in [0.2, 0.25) is 0 Å². The molecular formula is C11H13NO3. The third-order valence-electron chi connectivity index (χ3n) is 2.47. The minimum absolute atomic E-state index is 0.147. The molecule has 0 spiro atoms. The van der Waals surface area contributed by atoms with Crippen molar-refractivity contribution in [2.24, 2.45) is 0 Å². The number of benzene rings is 1. The van der Waals surface area contributed by atoms with Crippen LogP contribution in [-0.2, 0) is 4.74 Å². The lowest BCUT2D eigenvalue weighted by molar-refractivity contribution is 0.0271. The van der Waals surface area contributed by atoms with Gasteiger partial charge in [-0.25, -0.2) is 0 Å². The van der Waals surface area contributed by atoms with E-state index in [1.165, 1.54) is 6.07 Å². The summed E-state index contributed by atoms with van der Waals surface area (Å²) in [6.45, 7) is 2.12. The minimum atomic E-state index is -0.147. The molecule has 1 fully saturated rings. The zero-order valence-electron chi connectivity index (χ0n) is 8.27. The molecule has 80 valence electrons. The maximum Gasteiger partial charge on any atom is 0.150 e. The fraction of sp³-hybridized carbons (Fsp3) is 0.364. The monoisotopic (exact) mass is 207 g/mol. The fourth-order valence-corrected chi connectivity index (χ4v) is 1.71. The average molecular weight is 207 g/mol. The number of morpholine rings is 1. The molecule has 1 aromatic rings. The minimum Gasteiger partial charge on any atom is -0.508 e. The van der Waals surface area contributed by atoms with Gasteiger partial charge in [-0.05, 0) is 23.8 Å². The van der Waals surface area contributed by atoms with Gasteiger partial charge in [-0.2, -0.15) is 0 Å². The van der Waals surface area contributed by atoms with E-state index in [1.54, 1.807) is 12.1 Å². The number of rotatable bonds is 2. The Labute approximate surface area is 87.9 Å². The van der Waals surface area contributed by atoms with E-state index in [1.807, 2.05) is 0 Å². The number of carbonyl (C=O) groups excluding carboxylic acids is 1. The Hall–Kier alpha value is -1.39. The van der Waals surface area contributed by atoms with E-state index in [0.29, 0.717) is 18.7 Å². The molecule has 1 aromatic carbocycles. The average Bonchev–Trinajstić information content (AvgIpc) is 2.30. The molecule has 2 N–H and O–H groups in total. The standard InChI is InChI=1S/C11H13NO3/c13-7-8-1-2-9(14)5-10(8)11-6-12-3-4-15-11/h1-2,5,7,11-12,14H,3-4,6H2. The highest BCUT2D eigenvalue weighted by Crippen LogP contribution is 2.25. The van der Waals surface area contributed by atoms with Crippen molar-refractivity contribution < 1.29 is 14.6 Å². The van der Waals surface area contributed by atoms with Crippen molar-refractivity contribution in [1.29, 1.82) is 0 Å². The first-order valence-corrected chi connectivity index (χ1v) is 4.91. The van der Waals surface area contributed by atoms with E-state index < -0.39 is 0 Å². The molecule has 4 nitrogen and oxygen atoms in total. The van der Waals surface area contributed by atoms with Gasteiger partial charge >= 0.3 is 0 Å². The molecule has 0 aliphatic carbocycles. The van der Waals surface area contributed by atoms with Crippen LogP contribution in [0.4, 0.5) is 0 Å². The van der Waals surface area contributed by atoms with Gasteiger partial charge in [0.05, 0.1) is 12.7 Å². The lowest BCUT2D eigenvalue weighted by Gasteiger charge is -2.24. The van der Waals surface area contributed by atoms with Crippen molar-refractivity contribution in [1.82, 2.24) is 5.32 Å². The highest BCUT2D eigenvalue weighted by atomic mass is 16.5. The second-order valence-electron chi connectivity index (χ2n) is 3.49. The Bertz CT molecular complexity index is 359. The summed E-state index contributed by atoms with van der Waals surface area (Å²) >= 11 is 0. The Kier molecular flexibility index (Phi) is 2.99. The number of hydrogen-bond donors (Lipinski definition) is 2. The van der Waals surface area contributed by atoms with Crippen molar-refractivity contribution in [3.8, 4) is 5.75 Å². The van der Waals surface area contributed by atoms with Crippen LogP contribution >= 0.6 is 0 Å². The third-order valence-corrected chi connectivity index (χ3v) is 2.47. The lowest BCUT2D eigenvalue weighted by atomic mass is 10.0. The highest BCUT2D eigenvalue weighted by Gasteiger charge is 2.18. The van der Waals surface area contributed by atoms with E-state index in [2.05, 4.69) is 5.32 Å². The summed E-state index contributed by atoms with van der Waals surface area (Å²) in [4.78, 5) is 10.8. The maximum absolute atomic E-state index is 10.8. The first kappa shape index (κ1) is 10.1. The van der Waals surface area contributed by atoms with Gasteiger partial charge < -0.3 is 15.2 Å². The molecular weight excluding hydrogens is 194 g/mol. The number of phenols is 1. The molecule has 1 aliphatic heterocycles. The number of aromatic hydroxyl groups is 1. The zero-order valence-corrected chi connectivity index (χ0v) is 8.27. The summed E-state index contributed by atoms with van der Waals surface area (Å²) in [6.07, 6.45) is 0.637. The van der Waals surface area contributed by atoms with Crippen LogP contribution in [0.15, 0.2) is 18.2 Å². The lowest BCUT2D eigenvalue weighted by Crippen LogP contribution is -2.33. The highest BCUT2D eigenvalue weighted by molar-refractivity contribution is 5.78. The summed E-state index contributed by atoms with van der Waals surface area (Å²) in [6, 6.07) is 4.69. The second kappa shape index (κ2) is 4.42. The predicted molar refractivity (Wildman–Crippen MR) is 55.1 cm³/mol. The molecule has 15 heavy (non-hydrogen) atoms. The molecule has 1 saturated heterocycles. The largest absolute Gasteiger partial charge is 0.508 e. The molecule has 4 heteroatoms. The normalized spacial score (nSPS) is 21.2. The molecule has 1 atom stereocenters. The van der Waals surface area contributed by atoms with E-state index in [9.17, 15) is 9.90 Å². The van der Waals surface area contributed by atoms with Gasteiger partial charge in [0.15, 0.2) is 0 Å². The van der Waals surface area contributed by atoms with Gasteiger partial charge in [0, 0.05) is 18.7 Å². The molecule has 0 radical (unpaired) electrons. The van der Waals surface area contributed by atoms with Crippen molar-refractivity contribution in [2.45, 2.75) is 6.10 Å². The first-order chi connectivity index (χ1) is 7.31. The van der Waals surface area contributed by atoms with Crippen LogP contribution in [0.3, 0.4) is 0 Å². The first-order valence-electron chi connectivity index (χ1n) is 4.91. The maximum atomic E-state index is 10.8. The Morgan fingerprint density at radius 3 is 3.07 bits per heavy atom. The summed E-state index contributed by atoms with van der Waals surface area (Å²) in [7, 11) is 0. The topological polar surface area (TPSA) is 58.6 Å². The van der Waals surface area contributed by atoms with Gasteiger partial charge in [-0.15, -0.1) is 0 Å². The summed E-state index contributed by atoms with van der Waals surface area (Å²) in [5.74, 6) is 0.157. The van der Waals surface area contributed by atoms with E-state index in [4.69, 9.17) is 4.74 Å². The van der Waals surface area contributed by atoms with Crippen molar-refractivity contribution >= 4 is 6.29 Å². The molecule has 1 heterocycles. The molecule has 2 rings (SSSR count). The molecule has 1 aliphatic rings. The van der Waals surface area contributed by atoms with Crippen molar-refractivity contribution in [3.05, 3.63) is 29.3 Å². The smallest absolute Gasteiger partial charge is 0.150 e. The Morgan fingerprint density at radius 1 is 1.53 bits per heavy atom. The number of phenolic OH excluding ortho intramolecular Hbond substituents is 1. The van der Waals surface area contributed by atoms with E-state index >= 15 is 0 Å². The van der Waals surface area contributed by atoms with E-state index in [0.717, 1.165) is 18.4 Å². The van der Waals surface area contributed by atoms with Gasteiger partial charge in [-0.1, -0.05) is 0 Å². The second-order valence-corrected chi connectivity index (χ2v) is 3.49. The van der Waals surface area contributed by atoms with Gasteiger partial charge in [0.1, 0.15) is 12.0 Å². The molecule has 0 saturated carbocycles. The van der Waals surface area contributed by atoms with Crippen LogP contribution in [0, 0.1) is 0 Å². The van der Waals surface area contributed by atoms with Crippen molar-refractivity contribution in [3.63, 3.8) is 0 Å². The quantitative estimate of drug-likeness (QED) is 0.706. The van der Waals surface area contributed by atoms with Crippen LogP contribution in [-0.4, -0.2) is 31.1 Å². The third kappa shape index (κ3) is 2.16. The number of nitrogens with one attached hydrogen (secondary N) is 1. The number of hydrogen-bond acceptors (Lipinski definition) is 4. The van der Waals surface area contributed by atoms with Crippen LogP contribution in [0.2, 0.25) is 0 Å².